The van der Waals surface area contributed by atoms with E-state index in [1.807, 2.05) is 6.08 Å². The number of aromatic hydroxyl groups is 2. The van der Waals surface area contributed by atoms with E-state index in [1.165, 1.54) is 35.8 Å². The van der Waals surface area contributed by atoms with Gasteiger partial charge in [0.05, 0.1) is 0 Å². The quantitative estimate of drug-likeness (QED) is 0.385. The summed E-state index contributed by atoms with van der Waals surface area (Å²) in [6.45, 7) is 10.1. The van der Waals surface area contributed by atoms with Crippen LogP contribution in [0, 0.1) is 0 Å². The Hall–Kier alpha value is -2.49. The van der Waals surface area contributed by atoms with Gasteiger partial charge in [0.15, 0.2) is 5.78 Å². The molecule has 0 unspecified atom stereocenters. The normalized spacial score (nSPS) is 12.0. The van der Waals surface area contributed by atoms with Gasteiger partial charge in [-0.15, -0.1) is 0 Å². The predicted octanol–water partition coefficient (Wildman–Crippen LogP) is 6.10. The fraction of sp³-hybridized carbons (Fsp3) is 0.435. The number of rotatable bonds is 10. The van der Waals surface area contributed by atoms with Crippen LogP contribution in [0.1, 0.15) is 70.7 Å². The highest BCUT2D eigenvalue weighted by Crippen LogP contribution is 2.32. The Morgan fingerprint density at radius 1 is 0.889 bits per heavy atom. The number of hydrogen-bond acceptors (Lipinski definition) is 4. The third-order valence-electron chi connectivity index (χ3n) is 4.23. The molecule has 0 saturated heterocycles. The maximum absolute atomic E-state index is 11.4. The van der Waals surface area contributed by atoms with Gasteiger partial charge >= 0.3 is 0 Å². The van der Waals surface area contributed by atoms with E-state index in [9.17, 15) is 15.0 Å². The van der Waals surface area contributed by atoms with E-state index in [4.69, 9.17) is 4.74 Å². The molecule has 0 spiro atoms. The molecule has 0 radical (unpaired) electrons. The molecule has 4 nitrogen and oxygen atoms in total. The molecule has 148 valence electrons. The Labute approximate surface area is 162 Å². The van der Waals surface area contributed by atoms with Crippen LogP contribution >= 0.6 is 0 Å². The highest BCUT2D eigenvalue weighted by Gasteiger charge is 2.14. The molecule has 0 amide bonds. The van der Waals surface area contributed by atoms with Gasteiger partial charge in [-0.1, -0.05) is 28.9 Å². The van der Waals surface area contributed by atoms with Gasteiger partial charge in [-0.3, -0.25) is 4.79 Å². The fourth-order valence-electron chi connectivity index (χ4n) is 2.65. The van der Waals surface area contributed by atoms with Crippen LogP contribution in [0.4, 0.5) is 0 Å². The van der Waals surface area contributed by atoms with Crippen LogP contribution < -0.4 is 4.74 Å². The highest BCUT2D eigenvalue weighted by molar-refractivity contribution is 5.99. The lowest BCUT2D eigenvalue weighted by Crippen LogP contribution is -1.98. The third-order valence-corrected chi connectivity index (χ3v) is 4.23. The standard InChI is InChI=1S/C23H32O4/c1-16(2)8-6-9-17(3)10-7-11-18(4)12-13-27-20-14-21(25)23(19(5)24)22(26)15-20/h8,10,12,14-15,25-26H,6-7,9,11,13H2,1-5H3. The second-order valence-electron chi connectivity index (χ2n) is 7.16. The zero-order valence-electron chi connectivity index (χ0n) is 17.1. The second kappa shape index (κ2) is 11.3. The van der Waals surface area contributed by atoms with Crippen LogP contribution in [0.15, 0.2) is 47.1 Å². The summed E-state index contributed by atoms with van der Waals surface area (Å²) in [6.07, 6.45) is 10.7. The van der Waals surface area contributed by atoms with Gasteiger partial charge in [-0.25, -0.2) is 0 Å². The first kappa shape index (κ1) is 22.6. The molecule has 1 aromatic carbocycles. The Morgan fingerprint density at radius 2 is 1.41 bits per heavy atom. The Morgan fingerprint density at radius 3 is 1.93 bits per heavy atom. The SMILES string of the molecule is CC(=O)c1c(O)cc(OCC=C(C)CCC=C(C)CCC=C(C)C)cc1O. The minimum atomic E-state index is -0.392. The number of phenolic OH excluding ortho intramolecular Hbond substituents is 2. The summed E-state index contributed by atoms with van der Waals surface area (Å²) in [5.41, 5.74) is 3.91. The minimum absolute atomic E-state index is 0.0826. The maximum Gasteiger partial charge on any atom is 0.167 e. The van der Waals surface area contributed by atoms with E-state index in [-0.39, 0.29) is 17.1 Å². The Balaban J connectivity index is 2.47. The molecule has 0 aliphatic carbocycles. The molecule has 0 atom stereocenters. The number of allylic oxidation sites excluding steroid dienone is 5. The van der Waals surface area contributed by atoms with Crippen molar-refractivity contribution in [1.82, 2.24) is 0 Å². The van der Waals surface area contributed by atoms with Crippen LogP contribution in [0.2, 0.25) is 0 Å². The topological polar surface area (TPSA) is 66.8 Å². The van der Waals surface area contributed by atoms with Gasteiger partial charge in [0.1, 0.15) is 29.4 Å². The molecule has 27 heavy (non-hydrogen) atoms. The van der Waals surface area contributed by atoms with Crippen LogP contribution in [-0.2, 0) is 0 Å². The van der Waals surface area contributed by atoms with E-state index < -0.39 is 5.78 Å². The van der Waals surface area contributed by atoms with Crippen LogP contribution in [0.5, 0.6) is 17.2 Å². The summed E-state index contributed by atoms with van der Waals surface area (Å²) in [7, 11) is 0. The second-order valence-corrected chi connectivity index (χ2v) is 7.16. The lowest BCUT2D eigenvalue weighted by Gasteiger charge is -2.09. The van der Waals surface area contributed by atoms with Gasteiger partial charge < -0.3 is 14.9 Å². The molecule has 0 bridgehead atoms. The number of carbonyl (C=O) groups is 1. The first-order chi connectivity index (χ1) is 12.7. The predicted molar refractivity (Wildman–Crippen MR) is 111 cm³/mol. The van der Waals surface area contributed by atoms with Crippen molar-refractivity contribution >= 4 is 5.78 Å². The molecule has 2 N–H and O–H groups in total. The number of Topliss-reactive ketones (excluding diaryl/α,β-unsaturated/α-hetero) is 1. The first-order valence-corrected chi connectivity index (χ1v) is 9.35. The number of ketones is 1. The average molecular weight is 373 g/mol. The van der Waals surface area contributed by atoms with Crippen molar-refractivity contribution in [3.05, 3.63) is 52.6 Å². The van der Waals surface area contributed by atoms with E-state index in [2.05, 4.69) is 39.8 Å². The van der Waals surface area contributed by atoms with Crippen molar-refractivity contribution in [1.29, 1.82) is 0 Å². The maximum atomic E-state index is 11.4. The van der Waals surface area contributed by atoms with E-state index in [0.29, 0.717) is 12.4 Å². The Bertz CT molecular complexity index is 712. The summed E-state index contributed by atoms with van der Waals surface area (Å²) in [6, 6.07) is 2.69. The molecule has 0 aliphatic rings. The number of phenols is 2. The zero-order chi connectivity index (χ0) is 20.4. The van der Waals surface area contributed by atoms with E-state index >= 15 is 0 Å². The molecule has 0 aromatic heterocycles. The van der Waals surface area contributed by atoms with Crippen LogP contribution in [0.25, 0.3) is 0 Å². The Kier molecular flexibility index (Phi) is 9.41. The number of ether oxygens (including phenoxy) is 1. The molecular formula is C23H32O4. The molecule has 0 saturated carbocycles. The van der Waals surface area contributed by atoms with E-state index in [1.54, 1.807) is 0 Å². The average Bonchev–Trinajstić information content (AvgIpc) is 2.53. The van der Waals surface area contributed by atoms with E-state index in [0.717, 1.165) is 25.7 Å². The molecule has 0 aliphatic heterocycles. The van der Waals surface area contributed by atoms with Crippen molar-refractivity contribution in [3.8, 4) is 17.2 Å². The lowest BCUT2D eigenvalue weighted by atomic mass is 10.1. The zero-order valence-corrected chi connectivity index (χ0v) is 17.1. The number of carbonyl (C=O) groups excluding carboxylic acids is 1. The molecular weight excluding hydrogens is 340 g/mol. The summed E-state index contributed by atoms with van der Waals surface area (Å²) >= 11 is 0. The monoisotopic (exact) mass is 372 g/mol. The number of benzene rings is 1. The number of hydrogen-bond donors (Lipinski definition) is 2. The van der Waals surface area contributed by atoms with Gasteiger partial charge in [-0.05, 0) is 66.4 Å². The summed E-state index contributed by atoms with van der Waals surface area (Å²) in [4.78, 5) is 11.4. The lowest BCUT2D eigenvalue weighted by molar-refractivity contribution is 0.101. The van der Waals surface area contributed by atoms with Crippen molar-refractivity contribution in [3.63, 3.8) is 0 Å². The summed E-state index contributed by atoms with van der Waals surface area (Å²) < 4.78 is 5.55. The van der Waals surface area contributed by atoms with Crippen molar-refractivity contribution in [2.75, 3.05) is 6.61 Å². The molecule has 1 aromatic rings. The largest absolute Gasteiger partial charge is 0.507 e. The van der Waals surface area contributed by atoms with Gasteiger partial charge in [-0.2, -0.15) is 0 Å². The first-order valence-electron chi connectivity index (χ1n) is 9.35. The van der Waals surface area contributed by atoms with Gasteiger partial charge in [0.25, 0.3) is 0 Å². The summed E-state index contributed by atoms with van der Waals surface area (Å²) in [5, 5.41) is 19.6. The van der Waals surface area contributed by atoms with Gasteiger partial charge in [0.2, 0.25) is 0 Å². The fourth-order valence-corrected chi connectivity index (χ4v) is 2.65. The van der Waals surface area contributed by atoms with Crippen LogP contribution in [-0.4, -0.2) is 22.6 Å². The summed E-state index contributed by atoms with van der Waals surface area (Å²) in [5.74, 6) is -0.607. The minimum Gasteiger partial charge on any atom is -0.507 e. The van der Waals surface area contributed by atoms with Crippen LogP contribution in [0.3, 0.4) is 0 Å². The molecule has 0 heterocycles. The van der Waals surface area contributed by atoms with Crippen molar-refractivity contribution in [2.24, 2.45) is 0 Å². The third kappa shape index (κ3) is 8.63. The molecule has 0 fully saturated rings. The highest BCUT2D eigenvalue weighted by atomic mass is 16.5. The molecule has 1 rings (SSSR count). The van der Waals surface area contributed by atoms with Crippen molar-refractivity contribution < 1.29 is 19.7 Å². The smallest absolute Gasteiger partial charge is 0.167 e. The molecule has 4 heteroatoms. The van der Waals surface area contributed by atoms with Gasteiger partial charge in [0, 0.05) is 12.1 Å². The van der Waals surface area contributed by atoms with Crippen molar-refractivity contribution in [2.45, 2.75) is 60.3 Å².